The Labute approximate surface area is 84.4 Å². The molecule has 1 heterocycles. The Kier molecular flexibility index (Phi) is 3.50. The summed E-state index contributed by atoms with van der Waals surface area (Å²) in [5.41, 5.74) is 5.55. The second-order valence-electron chi connectivity index (χ2n) is 4.25. The Morgan fingerprint density at radius 1 is 1.29 bits per heavy atom. The van der Waals surface area contributed by atoms with Crippen molar-refractivity contribution >= 4 is 5.97 Å². The van der Waals surface area contributed by atoms with Crippen LogP contribution in [0.4, 0.5) is 0 Å². The number of carbonyl (C=O) groups is 1. The number of carboxylic acids is 1. The summed E-state index contributed by atoms with van der Waals surface area (Å²) in [4.78, 5) is 10.9. The monoisotopic (exact) mass is 201 g/mol. The van der Waals surface area contributed by atoms with Gasteiger partial charge in [0.2, 0.25) is 0 Å². The topological polar surface area (TPSA) is 72.5 Å². The van der Waals surface area contributed by atoms with Gasteiger partial charge in [-0.2, -0.15) is 0 Å². The zero-order chi connectivity index (χ0) is 10.9. The van der Waals surface area contributed by atoms with Gasteiger partial charge in [-0.25, -0.2) is 4.79 Å². The summed E-state index contributed by atoms with van der Waals surface area (Å²) in [6.07, 6.45) is -0.822. The lowest BCUT2D eigenvalue weighted by Gasteiger charge is -2.41. The standard InChI is InChI=1S/C10H19NO3/c1-5-6(2)8(4-11)14-9(7(5)3)10(12)13/h5-9H,4,11H2,1-3H3,(H,12,13)/t5-,6-,7-,8-,9?/m1/s1. The van der Waals surface area contributed by atoms with Crippen molar-refractivity contribution in [3.8, 4) is 0 Å². The molecule has 0 aromatic rings. The predicted molar refractivity (Wildman–Crippen MR) is 52.8 cm³/mol. The summed E-state index contributed by atoms with van der Waals surface area (Å²) in [7, 11) is 0. The van der Waals surface area contributed by atoms with Crippen LogP contribution in [-0.2, 0) is 9.53 Å². The quantitative estimate of drug-likeness (QED) is 0.690. The molecule has 1 rings (SSSR count). The van der Waals surface area contributed by atoms with Gasteiger partial charge in [0, 0.05) is 6.54 Å². The highest BCUT2D eigenvalue weighted by atomic mass is 16.5. The molecular weight excluding hydrogens is 182 g/mol. The third-order valence-electron chi connectivity index (χ3n) is 3.52. The number of aliphatic carboxylic acids is 1. The van der Waals surface area contributed by atoms with E-state index in [0.29, 0.717) is 18.4 Å². The minimum Gasteiger partial charge on any atom is -0.479 e. The van der Waals surface area contributed by atoms with E-state index in [4.69, 9.17) is 15.6 Å². The maximum atomic E-state index is 10.9. The van der Waals surface area contributed by atoms with Crippen molar-refractivity contribution in [2.75, 3.05) is 6.54 Å². The molecular formula is C10H19NO3. The molecule has 1 aliphatic rings. The summed E-state index contributed by atoms with van der Waals surface area (Å²) >= 11 is 0. The molecule has 0 aromatic carbocycles. The summed E-state index contributed by atoms with van der Waals surface area (Å²) in [6, 6.07) is 0. The first-order valence-electron chi connectivity index (χ1n) is 5.07. The highest BCUT2D eigenvalue weighted by molar-refractivity contribution is 5.72. The van der Waals surface area contributed by atoms with Crippen molar-refractivity contribution in [2.24, 2.45) is 23.5 Å². The van der Waals surface area contributed by atoms with Gasteiger partial charge in [-0.05, 0) is 17.8 Å². The number of rotatable bonds is 2. The van der Waals surface area contributed by atoms with E-state index in [2.05, 4.69) is 13.8 Å². The van der Waals surface area contributed by atoms with Crippen molar-refractivity contribution in [1.82, 2.24) is 0 Å². The lowest BCUT2D eigenvalue weighted by Crippen LogP contribution is -2.50. The number of carboxylic acid groups (broad SMARTS) is 1. The molecule has 0 aliphatic carbocycles. The third-order valence-corrected chi connectivity index (χ3v) is 3.52. The Morgan fingerprint density at radius 2 is 1.86 bits per heavy atom. The van der Waals surface area contributed by atoms with Gasteiger partial charge in [-0.3, -0.25) is 0 Å². The molecule has 0 saturated carbocycles. The largest absolute Gasteiger partial charge is 0.479 e. The fourth-order valence-electron chi connectivity index (χ4n) is 2.08. The summed E-state index contributed by atoms with van der Waals surface area (Å²) in [5, 5.41) is 8.96. The number of hydrogen-bond donors (Lipinski definition) is 2. The lowest BCUT2D eigenvalue weighted by molar-refractivity contribution is -0.177. The van der Waals surface area contributed by atoms with E-state index in [-0.39, 0.29) is 12.0 Å². The molecule has 14 heavy (non-hydrogen) atoms. The molecule has 3 N–H and O–H groups in total. The van der Waals surface area contributed by atoms with Crippen LogP contribution in [0, 0.1) is 17.8 Å². The van der Waals surface area contributed by atoms with E-state index in [0.717, 1.165) is 0 Å². The van der Waals surface area contributed by atoms with Crippen LogP contribution in [0.25, 0.3) is 0 Å². The van der Waals surface area contributed by atoms with Gasteiger partial charge >= 0.3 is 5.97 Å². The average molecular weight is 201 g/mol. The second kappa shape index (κ2) is 4.28. The zero-order valence-corrected chi connectivity index (χ0v) is 8.93. The molecule has 0 spiro atoms. The molecule has 0 amide bonds. The predicted octanol–water partition coefficient (Wildman–Crippen LogP) is 0.705. The summed E-state index contributed by atoms with van der Waals surface area (Å²) in [6.45, 7) is 6.45. The maximum Gasteiger partial charge on any atom is 0.333 e. The highest BCUT2D eigenvalue weighted by Gasteiger charge is 2.41. The van der Waals surface area contributed by atoms with Gasteiger partial charge in [0.15, 0.2) is 6.10 Å². The van der Waals surface area contributed by atoms with Crippen molar-refractivity contribution in [2.45, 2.75) is 33.0 Å². The van der Waals surface area contributed by atoms with E-state index < -0.39 is 12.1 Å². The number of nitrogens with two attached hydrogens (primary N) is 1. The van der Waals surface area contributed by atoms with Gasteiger partial charge in [0.25, 0.3) is 0 Å². The summed E-state index contributed by atoms with van der Waals surface area (Å²) < 4.78 is 5.47. The minimum atomic E-state index is -0.880. The van der Waals surface area contributed by atoms with Crippen LogP contribution in [0.2, 0.25) is 0 Å². The molecule has 1 saturated heterocycles. The van der Waals surface area contributed by atoms with E-state index in [1.165, 1.54) is 0 Å². The molecule has 4 heteroatoms. The smallest absolute Gasteiger partial charge is 0.333 e. The van der Waals surface area contributed by atoms with Crippen LogP contribution in [0.1, 0.15) is 20.8 Å². The van der Waals surface area contributed by atoms with Crippen molar-refractivity contribution in [3.63, 3.8) is 0 Å². The molecule has 4 nitrogen and oxygen atoms in total. The fraction of sp³-hybridized carbons (Fsp3) is 0.900. The van der Waals surface area contributed by atoms with Gasteiger partial charge in [-0.1, -0.05) is 20.8 Å². The van der Waals surface area contributed by atoms with E-state index in [1.54, 1.807) is 0 Å². The van der Waals surface area contributed by atoms with Crippen molar-refractivity contribution in [3.05, 3.63) is 0 Å². The molecule has 82 valence electrons. The average Bonchev–Trinajstić information content (AvgIpc) is 2.14. The third kappa shape index (κ3) is 1.91. The van der Waals surface area contributed by atoms with E-state index in [1.807, 2.05) is 6.92 Å². The minimum absolute atomic E-state index is 0.0466. The zero-order valence-electron chi connectivity index (χ0n) is 8.93. The normalized spacial score (nSPS) is 43.6. The highest BCUT2D eigenvalue weighted by Crippen LogP contribution is 2.34. The molecule has 1 aliphatic heterocycles. The first-order chi connectivity index (χ1) is 6.49. The van der Waals surface area contributed by atoms with E-state index >= 15 is 0 Å². The van der Waals surface area contributed by atoms with Crippen LogP contribution < -0.4 is 5.73 Å². The fourth-order valence-corrected chi connectivity index (χ4v) is 2.08. The maximum absolute atomic E-state index is 10.9. The van der Waals surface area contributed by atoms with Crippen LogP contribution in [0.3, 0.4) is 0 Å². The molecule has 0 radical (unpaired) electrons. The van der Waals surface area contributed by atoms with Crippen LogP contribution >= 0.6 is 0 Å². The van der Waals surface area contributed by atoms with Crippen molar-refractivity contribution < 1.29 is 14.6 Å². The van der Waals surface area contributed by atoms with Gasteiger partial charge < -0.3 is 15.6 Å². The van der Waals surface area contributed by atoms with Gasteiger partial charge in [-0.15, -0.1) is 0 Å². The molecule has 1 unspecified atom stereocenters. The molecule has 1 fully saturated rings. The lowest BCUT2D eigenvalue weighted by atomic mass is 9.76. The van der Waals surface area contributed by atoms with Crippen LogP contribution in [0.15, 0.2) is 0 Å². The molecule has 5 atom stereocenters. The SMILES string of the molecule is C[C@@H]1[C@@H](C)[C@@H](C)C(C(=O)O)O[C@@H]1CN. The number of hydrogen-bond acceptors (Lipinski definition) is 3. The number of ether oxygens (including phenoxy) is 1. The summed E-state index contributed by atoms with van der Waals surface area (Å²) in [5.74, 6) is -0.177. The molecule has 0 aromatic heterocycles. The van der Waals surface area contributed by atoms with Crippen LogP contribution in [0.5, 0.6) is 0 Å². The van der Waals surface area contributed by atoms with Gasteiger partial charge in [0.05, 0.1) is 6.10 Å². The second-order valence-corrected chi connectivity index (χ2v) is 4.25. The first-order valence-corrected chi connectivity index (χ1v) is 5.07. The van der Waals surface area contributed by atoms with E-state index in [9.17, 15) is 4.79 Å². The van der Waals surface area contributed by atoms with Crippen molar-refractivity contribution in [1.29, 1.82) is 0 Å². The first kappa shape index (κ1) is 11.5. The van der Waals surface area contributed by atoms with Crippen LogP contribution in [-0.4, -0.2) is 29.8 Å². The Morgan fingerprint density at radius 3 is 2.29 bits per heavy atom. The Balaban J connectivity index is 2.78. The Hall–Kier alpha value is -0.610. The Bertz CT molecular complexity index is 217. The van der Waals surface area contributed by atoms with Gasteiger partial charge in [0.1, 0.15) is 0 Å². The molecule has 0 bridgehead atoms.